The maximum atomic E-state index is 15.0. The fourth-order valence-electron chi connectivity index (χ4n) is 8.17. The third kappa shape index (κ3) is 10.6. The number of hydrogen-bond donors (Lipinski definition) is 3. The molecule has 3 N–H and O–H groups in total. The first-order valence-electron chi connectivity index (χ1n) is 22.5. The Balaban J connectivity index is 1.26. The molecule has 2 aliphatic heterocycles. The summed E-state index contributed by atoms with van der Waals surface area (Å²) in [4.78, 5) is 67.9. The first-order valence-corrected chi connectivity index (χ1v) is 24.0. The summed E-state index contributed by atoms with van der Waals surface area (Å²) in [5, 5.41) is 6.51. The number of carbonyl (C=O) groups excluding carboxylic acids is 4. The monoisotopic (exact) mass is 954 g/mol. The standard InChI is InChI=1S/C47H60F2N6O11S/c1-26(2)63-32-15-17-35(50-24-32)36-21-29-20-31(62-9)14-16-34(29)40(51-36)65-33-22-37-39(56)53-47(42(58)54-67(60,61)45(7)18-19-45)23-30(47)13-11-10-12-27(3)64-28(4)38(41(57)55(37)25-33)52-43(59)66-44(5,6)46(8,48)49/h11,13-17,20-21,24,26-28,30,33,37-38H,10,12,18-19,22-23,25H2,1-9H3,(H,52,59)(H,53,56)(H,54,58)/b13-11-/t27-,28-,30+,33+,37-,38-,47+/m0/s1. The minimum atomic E-state index is -4.11. The van der Waals surface area contributed by atoms with Crippen LogP contribution in [0.4, 0.5) is 13.6 Å². The Bertz CT molecular complexity index is 2530. The van der Waals surface area contributed by atoms with Gasteiger partial charge in [-0.3, -0.25) is 24.1 Å². The topological polar surface area (TPSA) is 214 Å². The Morgan fingerprint density at radius 2 is 1.76 bits per heavy atom. The summed E-state index contributed by atoms with van der Waals surface area (Å²) in [5.41, 5.74) is -3.05. The highest BCUT2D eigenvalue weighted by molar-refractivity contribution is 7.91. The third-order valence-corrected chi connectivity index (χ3v) is 15.2. The van der Waals surface area contributed by atoms with E-state index in [1.807, 2.05) is 26.0 Å². The summed E-state index contributed by atoms with van der Waals surface area (Å²) in [5.74, 6) is -5.35. The van der Waals surface area contributed by atoms with Gasteiger partial charge in [0.1, 0.15) is 35.2 Å². The molecule has 20 heteroatoms. The number of allylic oxidation sites excluding steroid dienone is 1. The van der Waals surface area contributed by atoms with Gasteiger partial charge in [0.2, 0.25) is 27.7 Å². The molecule has 0 radical (unpaired) electrons. The molecule has 17 nitrogen and oxygen atoms in total. The number of benzene rings is 1. The van der Waals surface area contributed by atoms with Crippen LogP contribution >= 0.6 is 0 Å². The van der Waals surface area contributed by atoms with Crippen LogP contribution in [0.15, 0.2) is 54.7 Å². The Kier molecular flexibility index (Phi) is 13.6. The normalized spacial score (nSPS) is 27.1. The highest BCUT2D eigenvalue weighted by atomic mass is 32.2. The van der Waals surface area contributed by atoms with Gasteiger partial charge in [-0.15, -0.1) is 0 Å². The number of alkyl carbamates (subject to hydrolysis) is 1. The van der Waals surface area contributed by atoms with Gasteiger partial charge in [0.05, 0.1) is 54.3 Å². The van der Waals surface area contributed by atoms with Crippen molar-refractivity contribution < 1.29 is 60.1 Å². The molecule has 7 atom stereocenters. The number of fused-ring (bicyclic) bond motifs is 3. The third-order valence-electron chi connectivity index (χ3n) is 13.1. The van der Waals surface area contributed by atoms with E-state index in [-0.39, 0.29) is 31.4 Å². The number of ether oxygens (including phenoxy) is 5. The van der Waals surface area contributed by atoms with Gasteiger partial charge in [-0.1, -0.05) is 12.2 Å². The van der Waals surface area contributed by atoms with Crippen LogP contribution in [0.3, 0.4) is 0 Å². The van der Waals surface area contributed by atoms with Crippen molar-refractivity contribution in [2.24, 2.45) is 5.92 Å². The number of halogens is 2. The molecular weight excluding hydrogens is 895 g/mol. The Labute approximate surface area is 389 Å². The van der Waals surface area contributed by atoms with Gasteiger partial charge >= 0.3 is 6.09 Å². The summed E-state index contributed by atoms with van der Waals surface area (Å²) >= 11 is 0. The summed E-state index contributed by atoms with van der Waals surface area (Å²) in [6.07, 6.45) is 2.73. The molecule has 4 aliphatic rings. The predicted octanol–water partition coefficient (Wildman–Crippen LogP) is 5.99. The smallest absolute Gasteiger partial charge is 0.408 e. The number of amides is 4. The number of aromatic nitrogens is 2. The molecule has 7 rings (SSSR count). The van der Waals surface area contributed by atoms with Gasteiger partial charge < -0.3 is 39.2 Å². The zero-order chi connectivity index (χ0) is 48.9. The number of alkyl halides is 2. The van der Waals surface area contributed by atoms with Crippen molar-refractivity contribution in [1.82, 2.24) is 30.2 Å². The first-order chi connectivity index (χ1) is 31.3. The molecule has 0 unspecified atom stereocenters. The summed E-state index contributed by atoms with van der Waals surface area (Å²) in [6, 6.07) is 7.65. The second-order valence-corrected chi connectivity index (χ2v) is 21.3. The lowest BCUT2D eigenvalue weighted by atomic mass is 10.0. The minimum absolute atomic E-state index is 0.0776. The maximum absolute atomic E-state index is 15.0. The van der Waals surface area contributed by atoms with Crippen LogP contribution in [0.25, 0.3) is 22.2 Å². The van der Waals surface area contributed by atoms with Crippen molar-refractivity contribution in [3.05, 3.63) is 54.7 Å². The van der Waals surface area contributed by atoms with Crippen LogP contribution in [-0.2, 0) is 33.9 Å². The second-order valence-electron chi connectivity index (χ2n) is 19.2. The Hall–Kier alpha value is -5.63. The lowest BCUT2D eigenvalue weighted by Crippen LogP contribution is -2.60. The Morgan fingerprint density at radius 3 is 2.40 bits per heavy atom. The molecule has 0 bridgehead atoms. The van der Waals surface area contributed by atoms with Crippen molar-refractivity contribution in [3.8, 4) is 28.8 Å². The molecule has 0 spiro atoms. The molecular formula is C47H60F2N6O11S. The molecule has 1 saturated heterocycles. The number of sulfonamides is 1. The van der Waals surface area contributed by atoms with Crippen molar-refractivity contribution >= 4 is 44.6 Å². The van der Waals surface area contributed by atoms with E-state index < -0.39 is 92.0 Å². The van der Waals surface area contributed by atoms with Gasteiger partial charge in [0, 0.05) is 24.6 Å². The Morgan fingerprint density at radius 1 is 1.04 bits per heavy atom. The van der Waals surface area contributed by atoms with Crippen LogP contribution in [0.1, 0.15) is 93.9 Å². The molecule has 4 heterocycles. The molecule has 4 amide bonds. The van der Waals surface area contributed by atoms with Crippen LogP contribution in [0.5, 0.6) is 17.4 Å². The highest BCUT2D eigenvalue weighted by Gasteiger charge is 2.63. The first kappa shape index (κ1) is 49.3. The number of nitrogens with zero attached hydrogens (tertiary/aromatic N) is 3. The lowest BCUT2D eigenvalue weighted by Gasteiger charge is -2.35. The van der Waals surface area contributed by atoms with E-state index in [1.165, 1.54) is 18.9 Å². The van der Waals surface area contributed by atoms with Crippen LogP contribution in [-0.4, -0.2) is 119 Å². The molecule has 1 aromatic carbocycles. The fourth-order valence-corrected chi connectivity index (χ4v) is 9.48. The van der Waals surface area contributed by atoms with Gasteiger partial charge in [-0.05, 0) is 122 Å². The number of methoxy groups -OCH3 is 1. The molecule has 67 heavy (non-hydrogen) atoms. The van der Waals surface area contributed by atoms with Gasteiger partial charge in [0.15, 0.2) is 5.60 Å². The van der Waals surface area contributed by atoms with E-state index in [0.717, 1.165) is 13.8 Å². The molecule has 2 aromatic heterocycles. The maximum Gasteiger partial charge on any atom is 0.408 e. The van der Waals surface area contributed by atoms with Gasteiger partial charge in [0.25, 0.3) is 11.8 Å². The van der Waals surface area contributed by atoms with Crippen LogP contribution < -0.4 is 29.6 Å². The lowest BCUT2D eigenvalue weighted by molar-refractivity contribution is -0.153. The van der Waals surface area contributed by atoms with E-state index >= 15 is 4.79 Å². The number of nitrogens with one attached hydrogen (secondary N) is 3. The number of hydrogen-bond acceptors (Lipinski definition) is 13. The van der Waals surface area contributed by atoms with Gasteiger partial charge in [-0.2, -0.15) is 0 Å². The van der Waals surface area contributed by atoms with Gasteiger partial charge in [-0.25, -0.2) is 27.0 Å². The van der Waals surface area contributed by atoms with E-state index in [2.05, 4.69) is 20.3 Å². The van der Waals surface area contributed by atoms with E-state index in [0.29, 0.717) is 66.3 Å². The van der Waals surface area contributed by atoms with Crippen molar-refractivity contribution in [3.63, 3.8) is 0 Å². The molecule has 364 valence electrons. The zero-order valence-corrected chi connectivity index (χ0v) is 40.0. The summed E-state index contributed by atoms with van der Waals surface area (Å²) in [6.45, 7) is 11.0. The SMILES string of the molecule is COc1ccc2c(O[C@@H]3C[C@H]4C(=O)N[C@]5(C(=O)NS(=O)(=O)C6(C)CC6)C[C@H]5/C=C\CC[C@H](C)O[C@@H](C)[C@H](NC(=O)OC(C)(C)C(C)(F)F)C(=O)N4C3)nc(-c3ccc(OC(C)C)cn3)cc2c1. The molecule has 2 saturated carbocycles. The number of pyridine rings is 2. The number of rotatable bonds is 12. The van der Waals surface area contributed by atoms with Crippen molar-refractivity contribution in [1.29, 1.82) is 0 Å². The van der Waals surface area contributed by atoms with Crippen molar-refractivity contribution in [2.45, 2.75) is 152 Å². The molecule has 3 aromatic rings. The average molecular weight is 955 g/mol. The average Bonchev–Trinajstić information content (AvgIpc) is 4.13. The second kappa shape index (κ2) is 18.5. The largest absolute Gasteiger partial charge is 0.497 e. The quantitative estimate of drug-likeness (QED) is 0.178. The van der Waals surface area contributed by atoms with Crippen LogP contribution in [0, 0.1) is 5.92 Å². The fraction of sp³-hybridized carbons (Fsp3) is 0.574. The highest BCUT2D eigenvalue weighted by Crippen LogP contribution is 2.48. The van der Waals surface area contributed by atoms with Crippen LogP contribution in [0.2, 0.25) is 0 Å². The number of carbonyl (C=O) groups is 4. The molecule has 2 aliphatic carbocycles. The van der Waals surface area contributed by atoms with Crippen molar-refractivity contribution in [2.75, 3.05) is 13.7 Å². The van der Waals surface area contributed by atoms with E-state index in [4.69, 9.17) is 28.7 Å². The summed E-state index contributed by atoms with van der Waals surface area (Å²) in [7, 11) is -2.57. The van der Waals surface area contributed by atoms with E-state index in [9.17, 15) is 31.6 Å². The minimum Gasteiger partial charge on any atom is -0.497 e. The summed E-state index contributed by atoms with van der Waals surface area (Å²) < 4.78 is 86.2. The zero-order valence-electron chi connectivity index (χ0n) is 39.2. The van der Waals surface area contributed by atoms with E-state index in [1.54, 1.807) is 56.5 Å². The predicted molar refractivity (Wildman–Crippen MR) is 242 cm³/mol. The molecule has 3 fully saturated rings.